The van der Waals surface area contributed by atoms with Gasteiger partial charge in [-0.2, -0.15) is 0 Å². The van der Waals surface area contributed by atoms with Crippen LogP contribution in [0.2, 0.25) is 0 Å². The first-order valence-electron chi connectivity index (χ1n) is 6.58. The van der Waals surface area contributed by atoms with Gasteiger partial charge in [-0.05, 0) is 36.5 Å². The van der Waals surface area contributed by atoms with E-state index in [9.17, 15) is 9.59 Å². The molecule has 3 aliphatic carbocycles. The van der Waals surface area contributed by atoms with E-state index in [0.717, 1.165) is 13.0 Å². The van der Waals surface area contributed by atoms with Gasteiger partial charge in [-0.15, -0.1) is 0 Å². The molecule has 5 fully saturated rings. The molecule has 0 aromatic rings. The van der Waals surface area contributed by atoms with Crippen LogP contribution >= 0.6 is 0 Å². The maximum Gasteiger partial charge on any atom is 0.409 e. The first-order chi connectivity index (χ1) is 8.65. The van der Waals surface area contributed by atoms with Crippen molar-refractivity contribution in [3.05, 3.63) is 0 Å². The van der Waals surface area contributed by atoms with Crippen molar-refractivity contribution in [3.8, 4) is 0 Å². The molecule has 2 heterocycles. The van der Waals surface area contributed by atoms with Crippen molar-refractivity contribution in [2.24, 2.45) is 29.1 Å². The molecule has 5 aliphatic rings. The van der Waals surface area contributed by atoms with Crippen LogP contribution in [-0.2, 0) is 14.3 Å². The lowest BCUT2D eigenvalue weighted by Gasteiger charge is -2.56. The minimum Gasteiger partial charge on any atom is -0.469 e. The number of nitrogens with zero attached hydrogens (tertiary/aromatic N) is 1. The molecule has 5 heteroatoms. The van der Waals surface area contributed by atoms with Crippen LogP contribution in [0, 0.1) is 29.1 Å². The molecule has 2 saturated heterocycles. The number of fused-ring (bicyclic) bond motifs is 1. The quantitative estimate of drug-likeness (QED) is 0.649. The van der Waals surface area contributed by atoms with Crippen molar-refractivity contribution in [1.82, 2.24) is 4.90 Å². The summed E-state index contributed by atoms with van der Waals surface area (Å²) in [7, 11) is 2.86. The molecule has 2 aliphatic heterocycles. The average molecular weight is 251 g/mol. The van der Waals surface area contributed by atoms with Crippen molar-refractivity contribution in [3.63, 3.8) is 0 Å². The van der Waals surface area contributed by atoms with Crippen LogP contribution in [0.1, 0.15) is 12.8 Å². The third-order valence-corrected chi connectivity index (χ3v) is 5.94. The van der Waals surface area contributed by atoms with Crippen LogP contribution in [0.15, 0.2) is 0 Å². The zero-order valence-electron chi connectivity index (χ0n) is 10.6. The lowest BCUT2D eigenvalue weighted by Crippen LogP contribution is -2.66. The van der Waals surface area contributed by atoms with Gasteiger partial charge >= 0.3 is 12.1 Å². The SMILES string of the molecule is COC(=O)N1C[C@H]2C[C@@H]3C4C[C@](C(=O)OC)([C@@H]42)[C@@H]31. The Bertz CT molecular complexity index is 450. The highest BCUT2D eigenvalue weighted by atomic mass is 16.5. The fourth-order valence-electron chi connectivity index (χ4n) is 5.70. The van der Waals surface area contributed by atoms with Crippen LogP contribution in [0.25, 0.3) is 0 Å². The molecule has 0 radical (unpaired) electrons. The summed E-state index contributed by atoms with van der Waals surface area (Å²) in [6.07, 6.45) is 1.79. The van der Waals surface area contributed by atoms with Crippen molar-refractivity contribution in [1.29, 1.82) is 0 Å². The van der Waals surface area contributed by atoms with Gasteiger partial charge in [0.25, 0.3) is 0 Å². The molecule has 3 saturated carbocycles. The highest BCUT2D eigenvalue weighted by Crippen LogP contribution is 2.77. The molecule has 0 aromatic heterocycles. The summed E-state index contributed by atoms with van der Waals surface area (Å²) < 4.78 is 9.89. The Morgan fingerprint density at radius 1 is 1.22 bits per heavy atom. The molecule has 6 bridgehead atoms. The van der Waals surface area contributed by atoms with Gasteiger partial charge in [0.15, 0.2) is 0 Å². The van der Waals surface area contributed by atoms with Crippen molar-refractivity contribution in [2.75, 3.05) is 20.8 Å². The van der Waals surface area contributed by atoms with E-state index in [2.05, 4.69) is 0 Å². The summed E-state index contributed by atoms with van der Waals surface area (Å²) in [5, 5.41) is 0. The monoisotopic (exact) mass is 251 g/mol. The molecule has 1 amide bonds. The number of hydrogen-bond donors (Lipinski definition) is 0. The summed E-state index contributed by atoms with van der Waals surface area (Å²) in [5.74, 6) is 1.94. The van der Waals surface area contributed by atoms with E-state index >= 15 is 0 Å². The molecule has 0 aromatic carbocycles. The third-order valence-electron chi connectivity index (χ3n) is 5.94. The first kappa shape index (κ1) is 10.6. The lowest BCUT2D eigenvalue weighted by atomic mass is 9.53. The summed E-state index contributed by atoms with van der Waals surface area (Å²) in [4.78, 5) is 25.9. The lowest BCUT2D eigenvalue weighted by molar-refractivity contribution is -0.180. The number of piperidine rings is 2. The molecule has 0 N–H and O–H groups in total. The molecule has 18 heavy (non-hydrogen) atoms. The predicted octanol–water partition coefficient (Wildman–Crippen LogP) is 0.882. The van der Waals surface area contributed by atoms with Crippen molar-refractivity contribution in [2.45, 2.75) is 18.9 Å². The normalized spacial score (nSPS) is 50.1. The Morgan fingerprint density at radius 2 is 2.00 bits per heavy atom. The van der Waals surface area contributed by atoms with Crippen molar-refractivity contribution >= 4 is 12.1 Å². The van der Waals surface area contributed by atoms with E-state index in [0.29, 0.717) is 23.7 Å². The van der Waals surface area contributed by atoms with Crippen LogP contribution in [0.4, 0.5) is 4.79 Å². The van der Waals surface area contributed by atoms with E-state index in [-0.39, 0.29) is 18.1 Å². The Morgan fingerprint density at radius 3 is 2.61 bits per heavy atom. The number of rotatable bonds is 1. The second-order valence-corrected chi connectivity index (χ2v) is 6.15. The highest BCUT2D eigenvalue weighted by Gasteiger charge is 2.82. The number of carbonyl (C=O) groups is 2. The summed E-state index contributed by atoms with van der Waals surface area (Å²) >= 11 is 0. The van der Waals surface area contributed by atoms with Gasteiger partial charge in [-0.1, -0.05) is 0 Å². The third kappa shape index (κ3) is 0.835. The summed E-state index contributed by atoms with van der Waals surface area (Å²) in [6, 6.07) is 0.0254. The van der Waals surface area contributed by atoms with E-state index in [1.807, 2.05) is 0 Å². The smallest absolute Gasteiger partial charge is 0.409 e. The number of hydrogen-bond acceptors (Lipinski definition) is 4. The zero-order valence-corrected chi connectivity index (χ0v) is 10.6. The van der Waals surface area contributed by atoms with Gasteiger partial charge in [-0.3, -0.25) is 4.79 Å². The molecule has 0 spiro atoms. The summed E-state index contributed by atoms with van der Waals surface area (Å²) in [5.41, 5.74) is -0.403. The molecule has 5 rings (SSSR count). The molecular weight excluding hydrogens is 234 g/mol. The van der Waals surface area contributed by atoms with Gasteiger partial charge in [0.05, 0.1) is 25.7 Å². The summed E-state index contributed by atoms with van der Waals surface area (Å²) in [6.45, 7) is 0.758. The van der Waals surface area contributed by atoms with Gasteiger partial charge in [0.2, 0.25) is 0 Å². The standard InChI is InChI=1S/C13H17NO4/c1-17-11(15)13-4-8-7-3-6(9(8)13)5-14(10(7)13)12(16)18-2/h6-10H,3-5H2,1-2H3/t6-,7-,8?,9-,10-,13+/m1/s1. The number of methoxy groups -OCH3 is 2. The number of amides is 1. The average Bonchev–Trinajstić information content (AvgIpc) is 2.91. The van der Waals surface area contributed by atoms with Crippen LogP contribution in [0.5, 0.6) is 0 Å². The van der Waals surface area contributed by atoms with Gasteiger partial charge in [-0.25, -0.2) is 4.79 Å². The minimum absolute atomic E-state index is 0.0254. The number of ether oxygens (including phenoxy) is 2. The van der Waals surface area contributed by atoms with Crippen LogP contribution < -0.4 is 0 Å². The topological polar surface area (TPSA) is 55.8 Å². The van der Waals surface area contributed by atoms with E-state index in [1.54, 1.807) is 4.90 Å². The molecular formula is C13H17NO4. The molecule has 98 valence electrons. The minimum atomic E-state index is -0.403. The zero-order chi connectivity index (χ0) is 12.7. The number of carbonyl (C=O) groups excluding carboxylic acids is 2. The first-order valence-corrected chi connectivity index (χ1v) is 6.58. The molecule has 6 atom stereocenters. The maximum absolute atomic E-state index is 12.2. The van der Waals surface area contributed by atoms with Crippen molar-refractivity contribution < 1.29 is 19.1 Å². The van der Waals surface area contributed by atoms with E-state index in [4.69, 9.17) is 9.47 Å². The van der Waals surface area contributed by atoms with Gasteiger partial charge in [0, 0.05) is 6.54 Å². The fourth-order valence-corrected chi connectivity index (χ4v) is 5.70. The van der Waals surface area contributed by atoms with Crippen LogP contribution in [0.3, 0.4) is 0 Å². The Hall–Kier alpha value is -1.26. The van der Waals surface area contributed by atoms with Crippen LogP contribution in [-0.4, -0.2) is 43.8 Å². The van der Waals surface area contributed by atoms with E-state index in [1.165, 1.54) is 20.6 Å². The second kappa shape index (κ2) is 3.00. The Labute approximate surface area is 105 Å². The van der Waals surface area contributed by atoms with Gasteiger partial charge < -0.3 is 14.4 Å². The van der Waals surface area contributed by atoms with E-state index < -0.39 is 5.41 Å². The highest BCUT2D eigenvalue weighted by molar-refractivity contribution is 5.83. The largest absolute Gasteiger partial charge is 0.469 e. The Balaban J connectivity index is 1.76. The molecule has 5 nitrogen and oxygen atoms in total. The molecule has 1 unspecified atom stereocenters. The predicted molar refractivity (Wildman–Crippen MR) is 60.5 cm³/mol. The fraction of sp³-hybridized carbons (Fsp3) is 0.846. The maximum atomic E-state index is 12.2. The second-order valence-electron chi connectivity index (χ2n) is 6.15. The number of esters is 1. The van der Waals surface area contributed by atoms with Gasteiger partial charge in [0.1, 0.15) is 0 Å². The Kier molecular flexibility index (Phi) is 1.78.